The average molecular weight is 415 g/mol. The zero-order chi connectivity index (χ0) is 21.1. The molecular formula is C21H22FN3O3S. The maximum absolute atomic E-state index is 13.5. The molecule has 1 atom stereocenters. The number of thiocarbonyl (C=S) groups is 1. The third-order valence-corrected chi connectivity index (χ3v) is 4.94. The monoisotopic (exact) mass is 415 g/mol. The van der Waals surface area contributed by atoms with Crippen LogP contribution in [-0.2, 0) is 4.79 Å². The first kappa shape index (κ1) is 20.6. The summed E-state index contributed by atoms with van der Waals surface area (Å²) in [6.45, 7) is 3.65. The average Bonchev–Trinajstić information content (AvgIpc) is 2.66. The van der Waals surface area contributed by atoms with Crippen LogP contribution < -0.4 is 25.4 Å². The Bertz CT molecular complexity index is 1010. The van der Waals surface area contributed by atoms with Crippen molar-refractivity contribution < 1.29 is 18.7 Å². The first-order chi connectivity index (χ1) is 13.8. The molecule has 1 aliphatic rings. The van der Waals surface area contributed by atoms with Crippen LogP contribution in [0.1, 0.15) is 24.1 Å². The normalized spacial score (nSPS) is 16.0. The zero-order valence-electron chi connectivity index (χ0n) is 16.6. The number of anilines is 1. The van der Waals surface area contributed by atoms with E-state index in [1.54, 1.807) is 27.2 Å². The van der Waals surface area contributed by atoms with E-state index in [0.29, 0.717) is 33.6 Å². The van der Waals surface area contributed by atoms with Crippen LogP contribution >= 0.6 is 12.2 Å². The van der Waals surface area contributed by atoms with Crippen LogP contribution in [0, 0.1) is 12.7 Å². The Morgan fingerprint density at radius 2 is 1.93 bits per heavy atom. The number of methoxy groups -OCH3 is 2. The van der Waals surface area contributed by atoms with Crippen molar-refractivity contribution in [1.82, 2.24) is 10.6 Å². The fourth-order valence-corrected chi connectivity index (χ4v) is 3.68. The van der Waals surface area contributed by atoms with Gasteiger partial charge in [-0.3, -0.25) is 4.79 Å². The van der Waals surface area contributed by atoms with E-state index in [-0.39, 0.29) is 5.91 Å². The number of benzene rings is 2. The minimum atomic E-state index is -0.558. The Morgan fingerprint density at radius 3 is 2.59 bits per heavy atom. The predicted molar refractivity (Wildman–Crippen MR) is 114 cm³/mol. The molecule has 0 saturated heterocycles. The lowest BCUT2D eigenvalue weighted by Crippen LogP contribution is -2.45. The molecule has 0 aromatic heterocycles. The number of rotatable bonds is 5. The lowest BCUT2D eigenvalue weighted by Gasteiger charge is -2.31. The van der Waals surface area contributed by atoms with E-state index in [0.717, 1.165) is 11.1 Å². The fourth-order valence-electron chi connectivity index (χ4n) is 3.41. The van der Waals surface area contributed by atoms with Crippen molar-refractivity contribution in [2.45, 2.75) is 19.9 Å². The second-order valence-electron chi connectivity index (χ2n) is 6.55. The number of hydrogen-bond acceptors (Lipinski definition) is 4. The summed E-state index contributed by atoms with van der Waals surface area (Å²) in [5, 5.41) is 9.26. The lowest BCUT2D eigenvalue weighted by atomic mass is 9.92. The van der Waals surface area contributed by atoms with Gasteiger partial charge in [-0.25, -0.2) is 4.39 Å². The number of carbonyl (C=O) groups is 1. The molecule has 2 aromatic carbocycles. The van der Waals surface area contributed by atoms with Crippen LogP contribution in [0.3, 0.4) is 0 Å². The Kier molecular flexibility index (Phi) is 6.03. The Labute approximate surface area is 174 Å². The van der Waals surface area contributed by atoms with Crippen LogP contribution in [0.25, 0.3) is 0 Å². The van der Waals surface area contributed by atoms with Gasteiger partial charge in [-0.05, 0) is 56.4 Å². The largest absolute Gasteiger partial charge is 0.496 e. The van der Waals surface area contributed by atoms with E-state index in [1.807, 2.05) is 19.1 Å². The van der Waals surface area contributed by atoms with Gasteiger partial charge in [0, 0.05) is 22.5 Å². The second-order valence-corrected chi connectivity index (χ2v) is 6.96. The van der Waals surface area contributed by atoms with E-state index < -0.39 is 11.9 Å². The van der Waals surface area contributed by atoms with E-state index in [2.05, 4.69) is 16.0 Å². The maximum Gasteiger partial charge on any atom is 0.255 e. The molecule has 0 fully saturated rings. The predicted octanol–water partition coefficient (Wildman–Crippen LogP) is 3.58. The summed E-state index contributed by atoms with van der Waals surface area (Å²) in [4.78, 5) is 13.1. The molecule has 1 amide bonds. The number of halogens is 1. The first-order valence-corrected chi connectivity index (χ1v) is 9.33. The van der Waals surface area contributed by atoms with Gasteiger partial charge in [-0.2, -0.15) is 0 Å². The standard InChI is InChI=1S/C21H22FN3O3S/c1-11-16(27-3)9-8-15(19(11)28-4)18-17(12(2)23-21(29)25-18)20(26)24-14-7-5-6-13(22)10-14/h5-10,18H,1-4H3,(H,24,26)(H2,23,25,29). The fraction of sp³-hybridized carbons (Fsp3) is 0.238. The van der Waals surface area contributed by atoms with Crippen LogP contribution in [-0.4, -0.2) is 25.2 Å². The van der Waals surface area contributed by atoms with Crippen molar-refractivity contribution in [2.24, 2.45) is 0 Å². The molecule has 8 heteroatoms. The molecule has 1 heterocycles. The van der Waals surface area contributed by atoms with Gasteiger partial charge in [0.15, 0.2) is 5.11 Å². The summed E-state index contributed by atoms with van der Waals surface area (Å²) < 4.78 is 24.5. The van der Waals surface area contributed by atoms with Gasteiger partial charge in [0.1, 0.15) is 17.3 Å². The molecule has 0 radical (unpaired) electrons. The number of carbonyl (C=O) groups excluding carboxylic acids is 1. The van der Waals surface area contributed by atoms with Gasteiger partial charge in [-0.15, -0.1) is 0 Å². The van der Waals surface area contributed by atoms with Gasteiger partial charge in [0.05, 0.1) is 25.8 Å². The van der Waals surface area contributed by atoms with Crippen molar-refractivity contribution in [3.8, 4) is 11.5 Å². The molecule has 29 heavy (non-hydrogen) atoms. The number of ether oxygens (including phenoxy) is 2. The summed E-state index contributed by atoms with van der Waals surface area (Å²) in [5.41, 5.74) is 2.92. The summed E-state index contributed by atoms with van der Waals surface area (Å²) in [5.74, 6) is 0.457. The molecule has 1 aliphatic heterocycles. The highest BCUT2D eigenvalue weighted by Crippen LogP contribution is 2.39. The number of allylic oxidation sites excluding steroid dienone is 1. The summed E-state index contributed by atoms with van der Waals surface area (Å²) in [6, 6.07) is 8.82. The van der Waals surface area contributed by atoms with Gasteiger partial charge >= 0.3 is 0 Å². The highest BCUT2D eigenvalue weighted by molar-refractivity contribution is 7.80. The van der Waals surface area contributed by atoms with Crippen molar-refractivity contribution in [3.63, 3.8) is 0 Å². The van der Waals surface area contributed by atoms with Crippen molar-refractivity contribution >= 4 is 28.9 Å². The van der Waals surface area contributed by atoms with Crippen molar-refractivity contribution in [2.75, 3.05) is 19.5 Å². The molecular weight excluding hydrogens is 393 g/mol. The molecule has 0 bridgehead atoms. The van der Waals surface area contributed by atoms with E-state index in [9.17, 15) is 9.18 Å². The SMILES string of the molecule is COc1ccc(C2NC(=S)NC(C)=C2C(=O)Nc2cccc(F)c2)c(OC)c1C. The van der Waals surface area contributed by atoms with Gasteiger partial charge < -0.3 is 25.4 Å². The van der Waals surface area contributed by atoms with Gasteiger partial charge in [0.2, 0.25) is 0 Å². The molecule has 0 saturated carbocycles. The van der Waals surface area contributed by atoms with Crippen LogP contribution in [0.5, 0.6) is 11.5 Å². The van der Waals surface area contributed by atoms with E-state index >= 15 is 0 Å². The second kappa shape index (κ2) is 8.48. The van der Waals surface area contributed by atoms with Crippen molar-refractivity contribution in [1.29, 1.82) is 0 Å². The molecule has 6 nitrogen and oxygen atoms in total. The third-order valence-electron chi connectivity index (χ3n) is 4.72. The minimum absolute atomic E-state index is 0.361. The van der Waals surface area contributed by atoms with Gasteiger partial charge in [0.25, 0.3) is 5.91 Å². The molecule has 0 spiro atoms. The number of hydrogen-bond donors (Lipinski definition) is 3. The van der Waals surface area contributed by atoms with E-state index in [4.69, 9.17) is 21.7 Å². The van der Waals surface area contributed by atoms with Crippen LogP contribution in [0.4, 0.5) is 10.1 Å². The molecule has 3 N–H and O–H groups in total. The van der Waals surface area contributed by atoms with Gasteiger partial charge in [-0.1, -0.05) is 6.07 Å². The first-order valence-electron chi connectivity index (χ1n) is 8.92. The smallest absolute Gasteiger partial charge is 0.255 e. The van der Waals surface area contributed by atoms with E-state index in [1.165, 1.54) is 18.2 Å². The number of amides is 1. The Morgan fingerprint density at radius 1 is 1.17 bits per heavy atom. The highest BCUT2D eigenvalue weighted by Gasteiger charge is 2.32. The molecule has 3 rings (SSSR count). The molecule has 2 aromatic rings. The topological polar surface area (TPSA) is 71.6 Å². The molecule has 1 unspecified atom stereocenters. The Balaban J connectivity index is 2.05. The maximum atomic E-state index is 13.5. The lowest BCUT2D eigenvalue weighted by molar-refractivity contribution is -0.113. The molecule has 0 aliphatic carbocycles. The zero-order valence-corrected chi connectivity index (χ0v) is 17.4. The summed E-state index contributed by atoms with van der Waals surface area (Å²) in [7, 11) is 3.15. The third kappa shape index (κ3) is 4.17. The number of nitrogens with one attached hydrogen (secondary N) is 3. The molecule has 152 valence electrons. The minimum Gasteiger partial charge on any atom is -0.496 e. The van der Waals surface area contributed by atoms with Crippen molar-refractivity contribution in [3.05, 3.63) is 64.6 Å². The summed E-state index contributed by atoms with van der Waals surface area (Å²) in [6.07, 6.45) is 0. The Hall–Kier alpha value is -3.13. The van der Waals surface area contributed by atoms with Crippen LogP contribution in [0.2, 0.25) is 0 Å². The summed E-state index contributed by atoms with van der Waals surface area (Å²) >= 11 is 5.30. The quantitative estimate of drug-likeness (QED) is 0.649. The highest BCUT2D eigenvalue weighted by atomic mass is 32.1. The van der Waals surface area contributed by atoms with Crippen LogP contribution in [0.15, 0.2) is 47.7 Å².